The van der Waals surface area contributed by atoms with Gasteiger partial charge < -0.3 is 10.6 Å². The van der Waals surface area contributed by atoms with Gasteiger partial charge in [-0.2, -0.15) is 0 Å². The van der Waals surface area contributed by atoms with Crippen molar-refractivity contribution in [1.82, 2.24) is 4.90 Å². The Morgan fingerprint density at radius 3 is 2.70 bits per heavy atom. The van der Waals surface area contributed by atoms with Crippen LogP contribution in [-0.2, 0) is 4.79 Å². The number of rotatable bonds is 4. The van der Waals surface area contributed by atoms with Crippen molar-refractivity contribution in [2.75, 3.05) is 19.6 Å². The minimum absolute atomic E-state index is 0.161. The van der Waals surface area contributed by atoms with Crippen LogP contribution in [0, 0.1) is 6.92 Å². The maximum absolute atomic E-state index is 12.9. The van der Waals surface area contributed by atoms with E-state index in [1.54, 1.807) is 0 Å². The molecule has 2 atom stereocenters. The lowest BCUT2D eigenvalue weighted by atomic mass is 9.96. The highest BCUT2D eigenvalue weighted by atomic mass is 16.2. The van der Waals surface area contributed by atoms with Gasteiger partial charge in [0, 0.05) is 25.6 Å². The predicted molar refractivity (Wildman–Crippen MR) is 93.4 cm³/mol. The molecule has 0 aromatic heterocycles. The standard InChI is InChI=1S/C20H24N2O/c1-15-6-5-9-17(12-15)18-10-11-22(14-18)20(23)19(13-21)16-7-3-2-4-8-16/h2-9,12,18-19H,10-11,13-14,21H2,1H3. The van der Waals surface area contributed by atoms with Crippen LogP contribution >= 0.6 is 0 Å². The van der Waals surface area contributed by atoms with Crippen LogP contribution in [0.3, 0.4) is 0 Å². The average Bonchev–Trinajstić information content (AvgIpc) is 3.06. The number of aryl methyl sites for hydroxylation is 1. The number of nitrogens with two attached hydrogens (primary N) is 1. The van der Waals surface area contributed by atoms with Crippen molar-refractivity contribution in [1.29, 1.82) is 0 Å². The Morgan fingerprint density at radius 1 is 1.22 bits per heavy atom. The largest absolute Gasteiger partial charge is 0.341 e. The van der Waals surface area contributed by atoms with E-state index < -0.39 is 0 Å². The summed E-state index contributed by atoms with van der Waals surface area (Å²) in [5.74, 6) is 0.370. The molecule has 3 heteroatoms. The monoisotopic (exact) mass is 308 g/mol. The third kappa shape index (κ3) is 3.45. The zero-order valence-corrected chi connectivity index (χ0v) is 13.6. The van der Waals surface area contributed by atoms with Gasteiger partial charge in [0.15, 0.2) is 0 Å². The number of amides is 1. The fourth-order valence-electron chi connectivity index (χ4n) is 3.44. The first-order valence-corrected chi connectivity index (χ1v) is 8.29. The fraction of sp³-hybridized carbons (Fsp3) is 0.350. The first-order chi connectivity index (χ1) is 11.2. The zero-order valence-electron chi connectivity index (χ0n) is 13.6. The molecule has 2 unspecified atom stereocenters. The van der Waals surface area contributed by atoms with E-state index in [-0.39, 0.29) is 11.8 Å². The van der Waals surface area contributed by atoms with E-state index in [1.807, 2.05) is 35.2 Å². The summed E-state index contributed by atoms with van der Waals surface area (Å²) in [7, 11) is 0. The minimum Gasteiger partial charge on any atom is -0.341 e. The lowest BCUT2D eigenvalue weighted by Crippen LogP contribution is -2.36. The highest BCUT2D eigenvalue weighted by molar-refractivity contribution is 5.84. The zero-order chi connectivity index (χ0) is 16.2. The molecule has 2 aromatic carbocycles. The number of nitrogens with zero attached hydrogens (tertiary/aromatic N) is 1. The van der Waals surface area contributed by atoms with Gasteiger partial charge in [-0.15, -0.1) is 0 Å². The van der Waals surface area contributed by atoms with E-state index in [1.165, 1.54) is 11.1 Å². The molecule has 2 N–H and O–H groups in total. The topological polar surface area (TPSA) is 46.3 Å². The van der Waals surface area contributed by atoms with Gasteiger partial charge in [0.25, 0.3) is 0 Å². The molecule has 1 aliphatic heterocycles. The highest BCUT2D eigenvalue weighted by Crippen LogP contribution is 2.30. The average molecular weight is 308 g/mol. The molecule has 0 bridgehead atoms. The summed E-state index contributed by atoms with van der Waals surface area (Å²) in [5, 5.41) is 0. The van der Waals surface area contributed by atoms with E-state index in [4.69, 9.17) is 5.73 Å². The van der Waals surface area contributed by atoms with Crippen LogP contribution in [0.2, 0.25) is 0 Å². The summed E-state index contributed by atoms with van der Waals surface area (Å²) in [6.07, 6.45) is 1.03. The van der Waals surface area contributed by atoms with Crippen LogP contribution in [0.15, 0.2) is 54.6 Å². The Hall–Kier alpha value is -2.13. The highest BCUT2D eigenvalue weighted by Gasteiger charge is 2.31. The Bertz CT molecular complexity index is 668. The molecule has 1 amide bonds. The number of benzene rings is 2. The smallest absolute Gasteiger partial charge is 0.231 e. The summed E-state index contributed by atoms with van der Waals surface area (Å²) >= 11 is 0. The van der Waals surface area contributed by atoms with Crippen LogP contribution in [0.5, 0.6) is 0 Å². The van der Waals surface area contributed by atoms with Crippen molar-refractivity contribution < 1.29 is 4.79 Å². The van der Waals surface area contributed by atoms with Crippen LogP contribution in [-0.4, -0.2) is 30.4 Å². The number of hydrogen-bond donors (Lipinski definition) is 1. The Morgan fingerprint density at radius 2 is 2.00 bits per heavy atom. The maximum Gasteiger partial charge on any atom is 0.231 e. The van der Waals surface area contributed by atoms with E-state index in [2.05, 4.69) is 31.2 Å². The molecule has 1 heterocycles. The summed E-state index contributed by atoms with van der Waals surface area (Å²) in [6, 6.07) is 18.5. The van der Waals surface area contributed by atoms with Crippen molar-refractivity contribution in [2.24, 2.45) is 5.73 Å². The minimum atomic E-state index is -0.229. The SMILES string of the molecule is Cc1cccc(C2CCN(C(=O)C(CN)c3ccccc3)C2)c1. The molecule has 1 fully saturated rings. The molecule has 120 valence electrons. The fourth-order valence-corrected chi connectivity index (χ4v) is 3.44. The second-order valence-electron chi connectivity index (χ2n) is 6.38. The number of likely N-dealkylation sites (tertiary alicyclic amines) is 1. The van der Waals surface area contributed by atoms with E-state index in [9.17, 15) is 4.79 Å². The molecule has 1 saturated heterocycles. The lowest BCUT2D eigenvalue weighted by molar-refractivity contribution is -0.131. The lowest BCUT2D eigenvalue weighted by Gasteiger charge is -2.23. The van der Waals surface area contributed by atoms with Crippen LogP contribution < -0.4 is 5.73 Å². The molecule has 3 rings (SSSR count). The van der Waals surface area contributed by atoms with Crippen LogP contribution in [0.1, 0.15) is 34.9 Å². The Labute approximate surface area is 138 Å². The van der Waals surface area contributed by atoms with Gasteiger partial charge in [0.1, 0.15) is 0 Å². The third-order valence-corrected chi connectivity index (χ3v) is 4.75. The van der Waals surface area contributed by atoms with Gasteiger partial charge in [0.2, 0.25) is 5.91 Å². The summed E-state index contributed by atoms with van der Waals surface area (Å²) in [6.45, 7) is 4.09. The van der Waals surface area contributed by atoms with Crippen molar-refractivity contribution >= 4 is 5.91 Å². The summed E-state index contributed by atoms with van der Waals surface area (Å²) in [4.78, 5) is 14.9. The second kappa shape index (κ2) is 6.97. The molecule has 3 nitrogen and oxygen atoms in total. The molecule has 0 spiro atoms. The second-order valence-corrected chi connectivity index (χ2v) is 6.38. The van der Waals surface area contributed by atoms with Crippen LogP contribution in [0.25, 0.3) is 0 Å². The first-order valence-electron chi connectivity index (χ1n) is 8.29. The number of carbonyl (C=O) groups excluding carboxylic acids is 1. The van der Waals surface area contributed by atoms with Gasteiger partial charge in [-0.3, -0.25) is 4.79 Å². The summed E-state index contributed by atoms with van der Waals surface area (Å²) in [5.41, 5.74) is 9.52. The van der Waals surface area contributed by atoms with Gasteiger partial charge in [0.05, 0.1) is 5.92 Å². The van der Waals surface area contributed by atoms with Gasteiger partial charge in [-0.05, 0) is 24.5 Å². The van der Waals surface area contributed by atoms with E-state index in [0.29, 0.717) is 12.5 Å². The van der Waals surface area contributed by atoms with Crippen LogP contribution in [0.4, 0.5) is 0 Å². The van der Waals surface area contributed by atoms with Crippen molar-refractivity contribution in [3.05, 3.63) is 71.3 Å². The first kappa shape index (κ1) is 15.8. The molecule has 23 heavy (non-hydrogen) atoms. The molecule has 0 aliphatic carbocycles. The number of carbonyl (C=O) groups is 1. The Balaban J connectivity index is 1.72. The van der Waals surface area contributed by atoms with Gasteiger partial charge >= 0.3 is 0 Å². The van der Waals surface area contributed by atoms with Gasteiger partial charge in [-0.1, -0.05) is 60.2 Å². The molecule has 0 saturated carbocycles. The molecular weight excluding hydrogens is 284 g/mol. The number of hydrogen-bond acceptors (Lipinski definition) is 2. The third-order valence-electron chi connectivity index (χ3n) is 4.75. The van der Waals surface area contributed by atoms with E-state index in [0.717, 1.165) is 25.1 Å². The van der Waals surface area contributed by atoms with Crippen molar-refractivity contribution in [3.63, 3.8) is 0 Å². The maximum atomic E-state index is 12.9. The summed E-state index contributed by atoms with van der Waals surface area (Å²) < 4.78 is 0. The molecule has 0 radical (unpaired) electrons. The molecule has 1 aliphatic rings. The normalized spacial score (nSPS) is 18.9. The molecule has 2 aromatic rings. The quantitative estimate of drug-likeness (QED) is 0.943. The predicted octanol–water partition coefficient (Wildman–Crippen LogP) is 3.05. The van der Waals surface area contributed by atoms with Crippen molar-refractivity contribution in [2.45, 2.75) is 25.2 Å². The van der Waals surface area contributed by atoms with Crippen molar-refractivity contribution in [3.8, 4) is 0 Å². The van der Waals surface area contributed by atoms with E-state index >= 15 is 0 Å². The van der Waals surface area contributed by atoms with Gasteiger partial charge in [-0.25, -0.2) is 0 Å². The molecular formula is C20H24N2O. The Kier molecular flexibility index (Phi) is 4.77.